The number of rotatable bonds is 5. The first-order valence-electron chi connectivity index (χ1n) is 5.18. The van der Waals surface area contributed by atoms with E-state index in [0.29, 0.717) is 0 Å². The second-order valence-corrected chi connectivity index (χ2v) is 9.10. The lowest BCUT2D eigenvalue weighted by Crippen LogP contribution is -2.32. The van der Waals surface area contributed by atoms with Crippen LogP contribution in [0.5, 0.6) is 0 Å². The number of hydrogen-bond donors (Lipinski definition) is 1. The van der Waals surface area contributed by atoms with Crippen LogP contribution in [0, 0.1) is 5.41 Å². The SMILES string of the molecule is CS(=O)(=O)CCCC1(C(=O)O)CCS(=O)(=O)C1. The van der Waals surface area contributed by atoms with Gasteiger partial charge in [-0.1, -0.05) is 0 Å². The lowest BCUT2D eigenvalue weighted by Gasteiger charge is -2.21. The van der Waals surface area contributed by atoms with E-state index < -0.39 is 31.1 Å². The first-order chi connectivity index (χ1) is 7.56. The van der Waals surface area contributed by atoms with Crippen LogP contribution in [0.3, 0.4) is 0 Å². The Bertz CT molecular complexity index is 504. The van der Waals surface area contributed by atoms with Crippen molar-refractivity contribution in [2.24, 2.45) is 5.41 Å². The second-order valence-electron chi connectivity index (χ2n) is 4.66. The van der Waals surface area contributed by atoms with Gasteiger partial charge >= 0.3 is 5.97 Å². The van der Waals surface area contributed by atoms with E-state index in [-0.39, 0.29) is 36.5 Å². The number of carbonyl (C=O) groups is 1. The van der Waals surface area contributed by atoms with Crippen molar-refractivity contribution in [1.29, 1.82) is 0 Å². The van der Waals surface area contributed by atoms with Crippen molar-refractivity contribution >= 4 is 25.6 Å². The van der Waals surface area contributed by atoms with Crippen molar-refractivity contribution in [1.82, 2.24) is 0 Å². The highest BCUT2D eigenvalue weighted by Gasteiger charge is 2.47. The molecule has 0 aromatic rings. The molecule has 0 spiro atoms. The zero-order chi connectivity index (χ0) is 13.3. The summed E-state index contributed by atoms with van der Waals surface area (Å²) in [6.45, 7) is 0. The molecule has 1 saturated heterocycles. The zero-order valence-electron chi connectivity index (χ0n) is 9.55. The first kappa shape index (κ1) is 14.4. The quantitative estimate of drug-likeness (QED) is 0.743. The van der Waals surface area contributed by atoms with Crippen LogP contribution in [0.2, 0.25) is 0 Å². The van der Waals surface area contributed by atoms with Gasteiger partial charge in [-0.3, -0.25) is 4.79 Å². The van der Waals surface area contributed by atoms with Crippen molar-refractivity contribution in [3.8, 4) is 0 Å². The monoisotopic (exact) mass is 284 g/mol. The molecule has 0 aromatic heterocycles. The molecule has 0 aliphatic carbocycles. The molecule has 0 aromatic carbocycles. The van der Waals surface area contributed by atoms with Gasteiger partial charge in [-0.05, 0) is 19.3 Å². The molecule has 0 radical (unpaired) electrons. The number of carboxylic acid groups (broad SMARTS) is 1. The molecule has 17 heavy (non-hydrogen) atoms. The summed E-state index contributed by atoms with van der Waals surface area (Å²) in [6.07, 6.45) is 1.43. The van der Waals surface area contributed by atoms with Gasteiger partial charge in [0.1, 0.15) is 9.84 Å². The third-order valence-corrected chi connectivity index (χ3v) is 5.86. The van der Waals surface area contributed by atoms with Crippen molar-refractivity contribution in [2.45, 2.75) is 19.3 Å². The summed E-state index contributed by atoms with van der Waals surface area (Å²) < 4.78 is 44.5. The Morgan fingerprint density at radius 3 is 2.35 bits per heavy atom. The van der Waals surface area contributed by atoms with Crippen LogP contribution in [0.4, 0.5) is 0 Å². The number of carboxylic acids is 1. The maximum absolute atomic E-state index is 11.3. The Morgan fingerprint density at radius 1 is 1.41 bits per heavy atom. The lowest BCUT2D eigenvalue weighted by molar-refractivity contribution is -0.147. The van der Waals surface area contributed by atoms with E-state index in [0.717, 1.165) is 6.26 Å². The second kappa shape index (κ2) is 4.56. The molecule has 1 aliphatic rings. The maximum Gasteiger partial charge on any atom is 0.310 e. The van der Waals surface area contributed by atoms with Gasteiger partial charge in [0.2, 0.25) is 0 Å². The lowest BCUT2D eigenvalue weighted by atomic mass is 9.83. The van der Waals surface area contributed by atoms with Gasteiger partial charge in [0.05, 0.1) is 16.9 Å². The van der Waals surface area contributed by atoms with Crippen molar-refractivity contribution < 1.29 is 26.7 Å². The molecule has 6 nitrogen and oxygen atoms in total. The fourth-order valence-electron chi connectivity index (χ4n) is 2.06. The van der Waals surface area contributed by atoms with Crippen LogP contribution < -0.4 is 0 Å². The Kier molecular flexibility index (Phi) is 3.87. The minimum absolute atomic E-state index is 0.0778. The van der Waals surface area contributed by atoms with Crippen LogP contribution in [0.15, 0.2) is 0 Å². The molecular weight excluding hydrogens is 268 g/mol. The Hall–Kier alpha value is -0.630. The largest absolute Gasteiger partial charge is 0.481 e. The molecular formula is C9H16O6S2. The number of sulfone groups is 2. The molecule has 1 N–H and O–H groups in total. The van der Waals surface area contributed by atoms with E-state index in [2.05, 4.69) is 0 Å². The van der Waals surface area contributed by atoms with Gasteiger partial charge in [0, 0.05) is 12.0 Å². The van der Waals surface area contributed by atoms with Crippen LogP contribution >= 0.6 is 0 Å². The Morgan fingerprint density at radius 2 is 2.00 bits per heavy atom. The molecule has 1 unspecified atom stereocenters. The molecule has 1 aliphatic heterocycles. The summed E-state index contributed by atoms with van der Waals surface area (Å²) in [6, 6.07) is 0. The normalized spacial score (nSPS) is 28.1. The highest BCUT2D eigenvalue weighted by Crippen LogP contribution is 2.37. The standard InChI is InChI=1S/C9H16O6S2/c1-16(12,13)5-2-3-9(8(10)11)4-6-17(14,15)7-9/h2-7H2,1H3,(H,10,11). The van der Waals surface area contributed by atoms with E-state index in [9.17, 15) is 21.6 Å². The fraction of sp³-hybridized carbons (Fsp3) is 0.889. The highest BCUT2D eigenvalue weighted by atomic mass is 32.2. The average molecular weight is 284 g/mol. The molecule has 1 fully saturated rings. The summed E-state index contributed by atoms with van der Waals surface area (Å²) in [5.74, 6) is -1.76. The summed E-state index contributed by atoms with van der Waals surface area (Å²) >= 11 is 0. The van der Waals surface area contributed by atoms with Crippen LogP contribution in [-0.2, 0) is 24.5 Å². The molecule has 1 heterocycles. The number of hydrogen-bond acceptors (Lipinski definition) is 5. The fourth-order valence-corrected chi connectivity index (χ4v) is 4.83. The Labute approximate surface area is 101 Å². The average Bonchev–Trinajstić information content (AvgIpc) is 2.41. The van der Waals surface area contributed by atoms with Crippen molar-refractivity contribution in [3.63, 3.8) is 0 Å². The van der Waals surface area contributed by atoms with E-state index >= 15 is 0 Å². The van der Waals surface area contributed by atoms with Crippen molar-refractivity contribution in [2.75, 3.05) is 23.5 Å². The highest BCUT2D eigenvalue weighted by molar-refractivity contribution is 7.91. The van der Waals surface area contributed by atoms with Gasteiger partial charge < -0.3 is 5.11 Å². The van der Waals surface area contributed by atoms with E-state index in [1.807, 2.05) is 0 Å². The molecule has 1 rings (SSSR count). The summed E-state index contributed by atoms with van der Waals surface area (Å²) in [5.41, 5.74) is -1.29. The van der Waals surface area contributed by atoms with Gasteiger partial charge in [0.25, 0.3) is 0 Å². The molecule has 100 valence electrons. The predicted octanol–water partition coefficient (Wildman–Crippen LogP) is -0.299. The van der Waals surface area contributed by atoms with E-state index in [1.54, 1.807) is 0 Å². The van der Waals surface area contributed by atoms with E-state index in [1.165, 1.54) is 0 Å². The van der Waals surface area contributed by atoms with E-state index in [4.69, 9.17) is 5.11 Å². The van der Waals surface area contributed by atoms with Gasteiger partial charge in [0.15, 0.2) is 9.84 Å². The first-order valence-corrected chi connectivity index (χ1v) is 9.06. The molecule has 1 atom stereocenters. The maximum atomic E-state index is 11.3. The smallest absolute Gasteiger partial charge is 0.310 e. The Balaban J connectivity index is 2.73. The summed E-state index contributed by atoms with van der Waals surface area (Å²) in [7, 11) is -6.43. The minimum Gasteiger partial charge on any atom is -0.481 e. The zero-order valence-corrected chi connectivity index (χ0v) is 11.2. The van der Waals surface area contributed by atoms with Crippen molar-refractivity contribution in [3.05, 3.63) is 0 Å². The third kappa shape index (κ3) is 3.95. The van der Waals surface area contributed by atoms with Crippen LogP contribution in [0.25, 0.3) is 0 Å². The molecule has 8 heteroatoms. The van der Waals surface area contributed by atoms with Crippen LogP contribution in [0.1, 0.15) is 19.3 Å². The van der Waals surface area contributed by atoms with Gasteiger partial charge in [-0.2, -0.15) is 0 Å². The third-order valence-electron chi connectivity index (χ3n) is 3.01. The topological polar surface area (TPSA) is 106 Å². The summed E-state index contributed by atoms with van der Waals surface area (Å²) in [5, 5.41) is 9.11. The minimum atomic E-state index is -3.30. The van der Waals surface area contributed by atoms with Gasteiger partial charge in [-0.15, -0.1) is 0 Å². The number of aliphatic carboxylic acids is 1. The van der Waals surface area contributed by atoms with Gasteiger partial charge in [-0.25, -0.2) is 16.8 Å². The predicted molar refractivity (Wildman–Crippen MR) is 62.3 cm³/mol. The molecule has 0 amide bonds. The molecule has 0 saturated carbocycles. The summed E-state index contributed by atoms with van der Waals surface area (Å²) in [4.78, 5) is 11.2. The molecule has 0 bridgehead atoms. The van der Waals surface area contributed by atoms with Crippen LogP contribution in [-0.4, -0.2) is 51.4 Å².